The monoisotopic (exact) mass is 565 g/mol. The molecule has 2 aromatic heterocycles. The molecule has 3 aliphatic rings. The average Bonchev–Trinajstić information content (AvgIpc) is 3.66. The molecule has 3 aromatic rings. The van der Waals surface area contributed by atoms with Crippen LogP contribution in [-0.4, -0.2) is 84.3 Å². The number of sulfonamides is 1. The summed E-state index contributed by atoms with van der Waals surface area (Å²) in [5.41, 5.74) is 1.42. The number of hydrogen-bond acceptors (Lipinski definition) is 9. The molecule has 4 heterocycles. The summed E-state index contributed by atoms with van der Waals surface area (Å²) in [6.07, 6.45) is 2.83. The van der Waals surface area contributed by atoms with E-state index in [1.54, 1.807) is 12.3 Å². The van der Waals surface area contributed by atoms with Gasteiger partial charge in [0.25, 0.3) is 16.4 Å². The van der Waals surface area contributed by atoms with Crippen LogP contribution >= 0.6 is 11.3 Å². The molecular formula is C23H25F2N7O4S2. The number of ether oxygens (including phenoxy) is 1. The summed E-state index contributed by atoms with van der Waals surface area (Å²) in [5, 5.41) is 12.0. The van der Waals surface area contributed by atoms with Crippen LogP contribution in [0.1, 0.15) is 37.1 Å². The first-order valence-corrected chi connectivity index (χ1v) is 14.6. The van der Waals surface area contributed by atoms with Crippen LogP contribution in [0.3, 0.4) is 0 Å². The van der Waals surface area contributed by atoms with Gasteiger partial charge in [0.05, 0.1) is 35.5 Å². The van der Waals surface area contributed by atoms with Crippen LogP contribution in [0.4, 0.5) is 14.5 Å². The van der Waals surface area contributed by atoms with E-state index in [9.17, 15) is 22.0 Å². The smallest absolute Gasteiger partial charge is 0.291 e. The van der Waals surface area contributed by atoms with E-state index in [1.165, 1.54) is 10.7 Å². The van der Waals surface area contributed by atoms with E-state index in [0.29, 0.717) is 59.8 Å². The van der Waals surface area contributed by atoms with Gasteiger partial charge in [0.2, 0.25) is 11.0 Å². The number of aromatic nitrogens is 4. The van der Waals surface area contributed by atoms with Crippen molar-refractivity contribution in [3.05, 3.63) is 23.3 Å². The molecule has 1 amide bonds. The fraction of sp³-hybridized carbons (Fsp3) is 0.522. The number of halogens is 2. The Morgan fingerprint density at radius 3 is 2.47 bits per heavy atom. The molecule has 1 aromatic carbocycles. The van der Waals surface area contributed by atoms with Gasteiger partial charge in [-0.1, -0.05) is 24.2 Å². The lowest BCUT2D eigenvalue weighted by Crippen LogP contribution is -2.50. The van der Waals surface area contributed by atoms with Crippen molar-refractivity contribution in [1.29, 1.82) is 0 Å². The zero-order valence-electron chi connectivity index (χ0n) is 20.3. The minimum absolute atomic E-state index is 0.0517. The minimum Gasteiger partial charge on any atom is -0.369 e. The van der Waals surface area contributed by atoms with Gasteiger partial charge in [0, 0.05) is 43.2 Å². The number of piperazine rings is 1. The molecule has 1 aliphatic carbocycles. The maximum atomic E-state index is 13.2. The molecule has 0 bridgehead atoms. The molecule has 0 radical (unpaired) electrons. The molecule has 15 heteroatoms. The van der Waals surface area contributed by atoms with Crippen molar-refractivity contribution in [2.45, 2.75) is 37.0 Å². The highest BCUT2D eigenvalue weighted by Crippen LogP contribution is 2.35. The normalized spacial score (nSPS) is 19.0. The second-order valence-corrected chi connectivity index (χ2v) is 12.2. The zero-order valence-corrected chi connectivity index (χ0v) is 21.9. The predicted octanol–water partition coefficient (Wildman–Crippen LogP) is 2.81. The van der Waals surface area contributed by atoms with Crippen molar-refractivity contribution in [1.82, 2.24) is 24.9 Å². The maximum absolute atomic E-state index is 13.2. The highest BCUT2D eigenvalue weighted by atomic mass is 32.2. The lowest BCUT2D eigenvalue weighted by molar-refractivity contribution is -0.135. The molecule has 11 nitrogen and oxygen atoms in total. The van der Waals surface area contributed by atoms with Crippen LogP contribution in [0.15, 0.2) is 27.6 Å². The summed E-state index contributed by atoms with van der Waals surface area (Å²) in [7, 11) is -4.07. The highest BCUT2D eigenvalue weighted by Gasteiger charge is 2.31. The number of amides is 1. The number of benzene rings is 1. The number of fused-ring (bicyclic) bond motifs is 1. The first-order chi connectivity index (χ1) is 18.3. The molecule has 0 atom stereocenters. The lowest BCUT2D eigenvalue weighted by Gasteiger charge is -2.37. The van der Waals surface area contributed by atoms with Crippen LogP contribution in [0.2, 0.25) is 0 Å². The van der Waals surface area contributed by atoms with Crippen molar-refractivity contribution in [3.8, 4) is 5.13 Å². The third-order valence-corrected chi connectivity index (χ3v) is 9.40. The first-order valence-electron chi connectivity index (χ1n) is 12.4. The third-order valence-electron chi connectivity index (χ3n) is 7.16. The molecule has 202 valence electrons. The number of hydrogen-bond donors (Lipinski definition) is 0. The quantitative estimate of drug-likeness (QED) is 0.447. The van der Waals surface area contributed by atoms with Crippen LogP contribution in [0, 0.1) is 5.92 Å². The molecular weight excluding hydrogens is 540 g/mol. The van der Waals surface area contributed by atoms with Crippen molar-refractivity contribution < 1.29 is 26.7 Å². The van der Waals surface area contributed by atoms with Gasteiger partial charge in [-0.3, -0.25) is 4.79 Å². The Labute approximate surface area is 221 Å². The first kappa shape index (κ1) is 25.2. The van der Waals surface area contributed by atoms with Gasteiger partial charge in [0.1, 0.15) is 0 Å². The van der Waals surface area contributed by atoms with Crippen molar-refractivity contribution in [2.75, 3.05) is 44.3 Å². The number of nitrogens with zero attached hydrogens (tertiary/aromatic N) is 7. The number of alkyl halides is 2. The minimum atomic E-state index is -4.07. The molecule has 2 saturated heterocycles. The Morgan fingerprint density at radius 1 is 1.11 bits per heavy atom. The maximum Gasteiger partial charge on any atom is 0.291 e. The fourth-order valence-corrected chi connectivity index (χ4v) is 6.86. The standard InChI is InChI=1S/C23H25F2N7O4S2/c24-20(25)21-27-28-23(37-21)32-19-10-16(38(34,35)29-15-12-36-13-15)9-18(17(19)11-26-32)30-5-7-31(8-6-30)22(33)14-3-1-2-4-14/h9-11,14,20H,1-8,12-13H2. The Balaban J connectivity index is 1.37. The second-order valence-electron chi connectivity index (χ2n) is 9.57. The van der Waals surface area contributed by atoms with Gasteiger partial charge in [-0.2, -0.15) is 17.9 Å². The largest absolute Gasteiger partial charge is 0.369 e. The molecule has 3 fully saturated rings. The highest BCUT2D eigenvalue weighted by molar-refractivity contribution is 7.90. The van der Waals surface area contributed by atoms with Gasteiger partial charge in [-0.25, -0.2) is 13.5 Å². The van der Waals surface area contributed by atoms with E-state index in [4.69, 9.17) is 4.74 Å². The molecule has 6 rings (SSSR count). The Morgan fingerprint density at radius 2 is 1.84 bits per heavy atom. The van der Waals surface area contributed by atoms with Crippen LogP contribution in [0.25, 0.3) is 16.0 Å². The van der Waals surface area contributed by atoms with Gasteiger partial charge in [0.15, 0.2) is 5.01 Å². The van der Waals surface area contributed by atoms with E-state index in [2.05, 4.69) is 19.7 Å². The van der Waals surface area contributed by atoms with E-state index >= 15 is 0 Å². The Kier molecular flexibility index (Phi) is 6.60. The van der Waals surface area contributed by atoms with Crippen molar-refractivity contribution in [3.63, 3.8) is 0 Å². The van der Waals surface area contributed by atoms with E-state index in [0.717, 1.165) is 25.7 Å². The summed E-state index contributed by atoms with van der Waals surface area (Å²) < 4.78 is 63.0. The predicted molar refractivity (Wildman–Crippen MR) is 136 cm³/mol. The zero-order chi connectivity index (χ0) is 26.4. The van der Waals surface area contributed by atoms with Crippen molar-refractivity contribution >= 4 is 49.6 Å². The van der Waals surface area contributed by atoms with Crippen LogP contribution in [-0.2, 0) is 19.6 Å². The van der Waals surface area contributed by atoms with E-state index in [-0.39, 0.29) is 35.1 Å². The van der Waals surface area contributed by atoms with Crippen LogP contribution < -0.4 is 4.90 Å². The SMILES string of the molecule is O=C(C1CCCC1)N1CCN(c2cc(S(=O)(=O)N=C3COC3)cc3c2cnn3-c2nnc(C(F)F)s2)CC1. The lowest BCUT2D eigenvalue weighted by atomic mass is 10.1. The third kappa shape index (κ3) is 4.66. The second kappa shape index (κ2) is 9.93. The summed E-state index contributed by atoms with van der Waals surface area (Å²) in [6, 6.07) is 2.99. The summed E-state index contributed by atoms with van der Waals surface area (Å²) in [4.78, 5) is 16.8. The van der Waals surface area contributed by atoms with E-state index < -0.39 is 21.5 Å². The Bertz CT molecular complexity index is 1500. The van der Waals surface area contributed by atoms with Gasteiger partial charge >= 0.3 is 0 Å². The number of rotatable bonds is 6. The van der Waals surface area contributed by atoms with Gasteiger partial charge in [-0.05, 0) is 25.0 Å². The molecule has 0 spiro atoms. The number of anilines is 1. The number of carbonyl (C=O) groups excluding carboxylic acids is 1. The number of carbonyl (C=O) groups is 1. The molecule has 1 saturated carbocycles. The molecule has 0 unspecified atom stereocenters. The fourth-order valence-electron chi connectivity index (χ4n) is 5.11. The molecule has 38 heavy (non-hydrogen) atoms. The van der Waals surface area contributed by atoms with Crippen molar-refractivity contribution in [2.24, 2.45) is 10.3 Å². The summed E-state index contributed by atoms with van der Waals surface area (Å²) >= 11 is 0.684. The van der Waals surface area contributed by atoms with Gasteiger partial charge in [-0.15, -0.1) is 10.2 Å². The summed E-state index contributed by atoms with van der Waals surface area (Å²) in [5.74, 6) is 0.292. The molecule has 2 aliphatic heterocycles. The van der Waals surface area contributed by atoms with E-state index in [1.807, 2.05) is 9.80 Å². The summed E-state index contributed by atoms with van der Waals surface area (Å²) in [6.45, 7) is 2.39. The average molecular weight is 566 g/mol. The topological polar surface area (TPSA) is 123 Å². The Hall–Kier alpha value is -3.04. The molecule has 0 N–H and O–H groups in total. The van der Waals surface area contributed by atoms with Crippen LogP contribution in [0.5, 0.6) is 0 Å². The van der Waals surface area contributed by atoms with Gasteiger partial charge < -0.3 is 14.5 Å².